The highest BCUT2D eigenvalue weighted by atomic mass is 35.5. The Morgan fingerprint density at radius 1 is 1.04 bits per heavy atom. The van der Waals surface area contributed by atoms with Crippen molar-refractivity contribution in [2.24, 2.45) is 5.10 Å². The number of hydrogen-bond donors (Lipinski definition) is 2. The van der Waals surface area contributed by atoms with E-state index in [4.69, 9.17) is 11.6 Å². The predicted molar refractivity (Wildman–Crippen MR) is 109 cm³/mol. The lowest BCUT2D eigenvalue weighted by Gasteiger charge is -2.26. The first-order valence-corrected chi connectivity index (χ1v) is 10.6. The van der Waals surface area contributed by atoms with Gasteiger partial charge in [-0.05, 0) is 48.9 Å². The van der Waals surface area contributed by atoms with Crippen LogP contribution in [0.2, 0.25) is 5.02 Å². The van der Waals surface area contributed by atoms with E-state index in [1.807, 2.05) is 0 Å². The summed E-state index contributed by atoms with van der Waals surface area (Å²) in [7, 11) is -3.50. The fourth-order valence-corrected chi connectivity index (χ4v) is 4.33. The van der Waals surface area contributed by atoms with Gasteiger partial charge in [0, 0.05) is 36.8 Å². The Hall–Kier alpha value is -2.26. The Morgan fingerprint density at radius 2 is 1.61 bits per heavy atom. The number of halogens is 1. The summed E-state index contributed by atoms with van der Waals surface area (Å²) in [5, 5.41) is 7.78. The number of hydrazone groups is 1. The van der Waals surface area contributed by atoms with Crippen LogP contribution in [0, 0.1) is 0 Å². The van der Waals surface area contributed by atoms with Crippen LogP contribution in [0.4, 0.5) is 0 Å². The van der Waals surface area contributed by atoms with Gasteiger partial charge in [0.25, 0.3) is 5.91 Å². The van der Waals surface area contributed by atoms with Crippen LogP contribution < -0.4 is 10.7 Å². The maximum absolute atomic E-state index is 12.7. The van der Waals surface area contributed by atoms with E-state index in [0.29, 0.717) is 42.5 Å². The van der Waals surface area contributed by atoms with Crippen molar-refractivity contribution in [2.75, 3.05) is 26.2 Å². The molecule has 1 saturated heterocycles. The van der Waals surface area contributed by atoms with E-state index in [0.717, 1.165) is 5.56 Å². The van der Waals surface area contributed by atoms with Crippen LogP contribution in [0.3, 0.4) is 0 Å². The largest absolute Gasteiger partial charge is 0.314 e. The van der Waals surface area contributed by atoms with Crippen LogP contribution >= 0.6 is 11.6 Å². The summed E-state index contributed by atoms with van der Waals surface area (Å²) in [5.74, 6) is -0.353. The summed E-state index contributed by atoms with van der Waals surface area (Å²) in [6, 6.07) is 13.0. The fourth-order valence-electron chi connectivity index (χ4n) is 2.77. The van der Waals surface area contributed by atoms with Gasteiger partial charge < -0.3 is 5.32 Å². The molecule has 1 aliphatic heterocycles. The van der Waals surface area contributed by atoms with Gasteiger partial charge in [-0.2, -0.15) is 9.41 Å². The van der Waals surface area contributed by atoms with Crippen LogP contribution in [0.1, 0.15) is 22.8 Å². The van der Waals surface area contributed by atoms with Crippen molar-refractivity contribution in [1.82, 2.24) is 15.0 Å². The number of nitrogens with zero attached hydrogens (tertiary/aromatic N) is 2. The average molecular weight is 421 g/mol. The highest BCUT2D eigenvalue weighted by Gasteiger charge is 2.25. The number of piperazine rings is 1. The van der Waals surface area contributed by atoms with Gasteiger partial charge in [0.15, 0.2) is 0 Å². The van der Waals surface area contributed by atoms with E-state index in [1.54, 1.807) is 55.5 Å². The van der Waals surface area contributed by atoms with Crippen molar-refractivity contribution >= 4 is 33.2 Å². The molecule has 9 heteroatoms. The molecule has 1 amide bonds. The second-order valence-electron chi connectivity index (χ2n) is 6.32. The Bertz CT molecular complexity index is 967. The molecule has 148 valence electrons. The zero-order valence-electron chi connectivity index (χ0n) is 15.4. The third-order valence-electron chi connectivity index (χ3n) is 4.42. The van der Waals surface area contributed by atoms with Crippen molar-refractivity contribution in [3.8, 4) is 0 Å². The second kappa shape index (κ2) is 8.83. The molecule has 2 aromatic carbocycles. The van der Waals surface area contributed by atoms with E-state index < -0.39 is 10.0 Å². The Morgan fingerprint density at radius 3 is 2.21 bits per heavy atom. The first-order valence-electron chi connectivity index (χ1n) is 8.79. The Kier molecular flexibility index (Phi) is 6.46. The molecule has 0 aliphatic carbocycles. The quantitative estimate of drug-likeness (QED) is 0.572. The molecule has 0 bridgehead atoms. The van der Waals surface area contributed by atoms with Crippen LogP contribution in [0.25, 0.3) is 0 Å². The molecule has 1 aliphatic rings. The Balaban J connectivity index is 1.69. The molecule has 0 atom stereocenters. The monoisotopic (exact) mass is 420 g/mol. The summed E-state index contributed by atoms with van der Waals surface area (Å²) >= 11 is 5.81. The van der Waals surface area contributed by atoms with Crippen LogP contribution in [0.15, 0.2) is 58.5 Å². The lowest BCUT2D eigenvalue weighted by Crippen LogP contribution is -2.46. The van der Waals surface area contributed by atoms with E-state index in [9.17, 15) is 13.2 Å². The summed E-state index contributed by atoms with van der Waals surface area (Å²) in [4.78, 5) is 12.3. The van der Waals surface area contributed by atoms with Gasteiger partial charge in [-0.25, -0.2) is 13.8 Å². The molecule has 28 heavy (non-hydrogen) atoms. The maximum Gasteiger partial charge on any atom is 0.271 e. The predicted octanol–water partition coefficient (Wildman–Crippen LogP) is 2.09. The standard InChI is InChI=1S/C19H21ClN4O3S/c1-14(22-23-19(25)16-2-6-17(20)7-3-16)15-4-8-18(9-5-15)28(26,27)24-12-10-21-11-13-24/h2-9,21H,10-13H2,1H3,(H,23,25)/b22-14-. The summed E-state index contributed by atoms with van der Waals surface area (Å²) in [6.07, 6.45) is 0. The lowest BCUT2D eigenvalue weighted by molar-refractivity contribution is 0.0955. The van der Waals surface area contributed by atoms with E-state index >= 15 is 0 Å². The summed E-state index contributed by atoms with van der Waals surface area (Å²) in [5.41, 5.74) is 4.21. The SMILES string of the molecule is C/C(=N/NC(=O)c1ccc(Cl)cc1)c1ccc(S(=O)(=O)N2CCNCC2)cc1. The van der Waals surface area contributed by atoms with Gasteiger partial charge in [0.1, 0.15) is 0 Å². The molecule has 0 unspecified atom stereocenters. The zero-order chi connectivity index (χ0) is 20.1. The minimum absolute atomic E-state index is 0.246. The first kappa shape index (κ1) is 20.5. The number of carbonyl (C=O) groups is 1. The summed E-state index contributed by atoms with van der Waals surface area (Å²) < 4.78 is 26.8. The molecule has 0 radical (unpaired) electrons. The minimum atomic E-state index is -3.50. The van der Waals surface area contributed by atoms with Gasteiger partial charge in [0.05, 0.1) is 10.6 Å². The van der Waals surface area contributed by atoms with Crippen LogP contribution in [-0.4, -0.2) is 50.5 Å². The molecule has 2 N–H and O–H groups in total. The molecule has 0 saturated carbocycles. The number of hydrogen-bond acceptors (Lipinski definition) is 5. The number of nitrogens with one attached hydrogen (secondary N) is 2. The van der Waals surface area contributed by atoms with Crippen LogP contribution in [0.5, 0.6) is 0 Å². The van der Waals surface area contributed by atoms with E-state index in [-0.39, 0.29) is 10.8 Å². The molecule has 7 nitrogen and oxygen atoms in total. The van der Waals surface area contributed by atoms with E-state index in [2.05, 4.69) is 15.8 Å². The molecule has 1 fully saturated rings. The number of carbonyl (C=O) groups excluding carboxylic acids is 1. The van der Waals surface area contributed by atoms with Crippen molar-refractivity contribution in [3.63, 3.8) is 0 Å². The fraction of sp³-hybridized carbons (Fsp3) is 0.263. The van der Waals surface area contributed by atoms with E-state index in [1.165, 1.54) is 4.31 Å². The van der Waals surface area contributed by atoms with Crippen LogP contribution in [-0.2, 0) is 10.0 Å². The topological polar surface area (TPSA) is 90.9 Å². The normalized spacial score (nSPS) is 16.0. The van der Waals surface area contributed by atoms with Gasteiger partial charge in [-0.1, -0.05) is 23.7 Å². The molecule has 1 heterocycles. The van der Waals surface area contributed by atoms with Crippen molar-refractivity contribution in [1.29, 1.82) is 0 Å². The van der Waals surface area contributed by atoms with Crippen molar-refractivity contribution in [2.45, 2.75) is 11.8 Å². The zero-order valence-corrected chi connectivity index (χ0v) is 16.9. The molecule has 0 aromatic heterocycles. The smallest absolute Gasteiger partial charge is 0.271 e. The number of sulfonamides is 1. The highest BCUT2D eigenvalue weighted by Crippen LogP contribution is 2.17. The van der Waals surface area contributed by atoms with Gasteiger partial charge in [-0.3, -0.25) is 4.79 Å². The molecule has 3 rings (SSSR count). The maximum atomic E-state index is 12.7. The van der Waals surface area contributed by atoms with Gasteiger partial charge in [-0.15, -0.1) is 0 Å². The van der Waals surface area contributed by atoms with Gasteiger partial charge >= 0.3 is 0 Å². The number of benzene rings is 2. The van der Waals surface area contributed by atoms with Crippen molar-refractivity contribution < 1.29 is 13.2 Å². The lowest BCUT2D eigenvalue weighted by atomic mass is 10.1. The van der Waals surface area contributed by atoms with Crippen molar-refractivity contribution in [3.05, 3.63) is 64.7 Å². The second-order valence-corrected chi connectivity index (χ2v) is 8.70. The number of rotatable bonds is 5. The Labute approximate surface area is 169 Å². The summed E-state index contributed by atoms with van der Waals surface area (Å²) in [6.45, 7) is 3.96. The molecular weight excluding hydrogens is 400 g/mol. The minimum Gasteiger partial charge on any atom is -0.314 e. The highest BCUT2D eigenvalue weighted by molar-refractivity contribution is 7.89. The third kappa shape index (κ3) is 4.77. The molecule has 2 aromatic rings. The third-order valence-corrected chi connectivity index (χ3v) is 6.58. The average Bonchev–Trinajstić information content (AvgIpc) is 2.73. The molecular formula is C19H21ClN4O3S. The number of amides is 1. The molecule has 0 spiro atoms. The van der Waals surface area contributed by atoms with Gasteiger partial charge in [0.2, 0.25) is 10.0 Å². The first-order chi connectivity index (χ1) is 13.4.